The lowest BCUT2D eigenvalue weighted by atomic mass is 10.2. The number of rotatable bonds is 3. The van der Waals surface area contributed by atoms with Crippen LogP contribution in [-0.4, -0.2) is 9.55 Å². The summed E-state index contributed by atoms with van der Waals surface area (Å²) in [6.07, 6.45) is 3.70. The van der Waals surface area contributed by atoms with Crippen LogP contribution in [0, 0.1) is 10.5 Å². The van der Waals surface area contributed by atoms with Crippen molar-refractivity contribution in [3.63, 3.8) is 0 Å². The van der Waals surface area contributed by atoms with Crippen LogP contribution in [0.4, 0.5) is 5.69 Å². The summed E-state index contributed by atoms with van der Waals surface area (Å²) >= 11 is 2.32. The summed E-state index contributed by atoms with van der Waals surface area (Å²) in [5, 5.41) is 3.42. The fraction of sp³-hybridized carbons (Fsp3) is 0.250. The Morgan fingerprint density at radius 1 is 1.44 bits per heavy atom. The van der Waals surface area contributed by atoms with Crippen LogP contribution in [0.25, 0.3) is 0 Å². The zero-order valence-electron chi connectivity index (χ0n) is 9.37. The molecular weight excluding hydrogens is 313 g/mol. The maximum absolute atomic E-state index is 4.09. The maximum Gasteiger partial charge on any atom is 0.0946 e. The second-order valence-corrected chi connectivity index (χ2v) is 5.05. The molecule has 84 valence electrons. The van der Waals surface area contributed by atoms with Gasteiger partial charge in [-0.15, -0.1) is 0 Å². The Balaban J connectivity index is 2.08. The monoisotopic (exact) mass is 327 g/mol. The van der Waals surface area contributed by atoms with E-state index < -0.39 is 0 Å². The average Bonchev–Trinajstić information content (AvgIpc) is 2.63. The molecule has 1 aromatic carbocycles. The molecule has 0 aliphatic rings. The van der Waals surface area contributed by atoms with E-state index in [1.54, 1.807) is 0 Å². The first-order valence-corrected chi connectivity index (χ1v) is 6.20. The second-order valence-electron chi connectivity index (χ2n) is 3.81. The third-order valence-electron chi connectivity index (χ3n) is 2.56. The summed E-state index contributed by atoms with van der Waals surface area (Å²) in [4.78, 5) is 4.09. The Morgan fingerprint density at radius 2 is 2.25 bits per heavy atom. The molecule has 4 heteroatoms. The highest BCUT2D eigenvalue weighted by molar-refractivity contribution is 14.1. The van der Waals surface area contributed by atoms with E-state index in [-0.39, 0.29) is 0 Å². The Bertz CT molecular complexity index is 491. The standard InChI is InChI=1S/C12H14IN3/c1-9-5-10(13)3-4-12(9)15-7-11-6-14-8-16(11)2/h3-6,8,15H,7H2,1-2H3. The molecule has 0 fully saturated rings. The highest BCUT2D eigenvalue weighted by Gasteiger charge is 2.01. The highest BCUT2D eigenvalue weighted by atomic mass is 127. The van der Waals surface area contributed by atoms with Gasteiger partial charge in [0.05, 0.1) is 18.6 Å². The van der Waals surface area contributed by atoms with Crippen molar-refractivity contribution < 1.29 is 0 Å². The van der Waals surface area contributed by atoms with E-state index >= 15 is 0 Å². The van der Waals surface area contributed by atoms with Gasteiger partial charge in [0.1, 0.15) is 0 Å². The van der Waals surface area contributed by atoms with E-state index in [2.05, 4.69) is 58.0 Å². The van der Waals surface area contributed by atoms with Crippen molar-refractivity contribution in [1.82, 2.24) is 9.55 Å². The van der Waals surface area contributed by atoms with Crippen LogP contribution in [0.2, 0.25) is 0 Å². The van der Waals surface area contributed by atoms with Crippen LogP contribution in [0.1, 0.15) is 11.3 Å². The third-order valence-corrected chi connectivity index (χ3v) is 3.24. The molecule has 0 saturated heterocycles. The molecule has 1 aromatic heterocycles. The molecular formula is C12H14IN3. The zero-order chi connectivity index (χ0) is 11.5. The fourth-order valence-electron chi connectivity index (χ4n) is 1.57. The van der Waals surface area contributed by atoms with E-state index in [0.29, 0.717) is 0 Å². The second kappa shape index (κ2) is 4.86. The van der Waals surface area contributed by atoms with Gasteiger partial charge in [0.25, 0.3) is 0 Å². The summed E-state index contributed by atoms with van der Waals surface area (Å²) < 4.78 is 3.29. The van der Waals surface area contributed by atoms with Crippen LogP contribution in [0.15, 0.2) is 30.7 Å². The summed E-state index contributed by atoms with van der Waals surface area (Å²) in [6, 6.07) is 6.40. The largest absolute Gasteiger partial charge is 0.379 e. The highest BCUT2D eigenvalue weighted by Crippen LogP contribution is 2.18. The molecule has 0 bridgehead atoms. The minimum absolute atomic E-state index is 0.804. The van der Waals surface area contributed by atoms with Gasteiger partial charge in [0, 0.05) is 22.5 Å². The maximum atomic E-state index is 4.09. The topological polar surface area (TPSA) is 29.9 Å². The summed E-state index contributed by atoms with van der Waals surface area (Å²) in [5.41, 5.74) is 3.63. The van der Waals surface area contributed by atoms with Crippen molar-refractivity contribution in [1.29, 1.82) is 0 Å². The van der Waals surface area contributed by atoms with Crippen LogP contribution in [-0.2, 0) is 13.6 Å². The molecule has 0 aliphatic heterocycles. The van der Waals surface area contributed by atoms with Crippen molar-refractivity contribution in [3.05, 3.63) is 45.6 Å². The van der Waals surface area contributed by atoms with Gasteiger partial charge in [0.15, 0.2) is 0 Å². The molecule has 0 saturated carbocycles. The van der Waals surface area contributed by atoms with Crippen molar-refractivity contribution in [2.75, 3.05) is 5.32 Å². The SMILES string of the molecule is Cc1cc(I)ccc1NCc1cncn1C. The van der Waals surface area contributed by atoms with Gasteiger partial charge in [-0.25, -0.2) is 4.98 Å². The van der Waals surface area contributed by atoms with Crippen LogP contribution >= 0.6 is 22.6 Å². The number of halogens is 1. The number of hydrogen-bond donors (Lipinski definition) is 1. The van der Waals surface area contributed by atoms with Gasteiger partial charge in [-0.2, -0.15) is 0 Å². The third kappa shape index (κ3) is 2.55. The van der Waals surface area contributed by atoms with Gasteiger partial charge in [-0.1, -0.05) is 0 Å². The first kappa shape index (κ1) is 11.4. The lowest BCUT2D eigenvalue weighted by Crippen LogP contribution is -2.05. The van der Waals surface area contributed by atoms with Gasteiger partial charge >= 0.3 is 0 Å². The van der Waals surface area contributed by atoms with Crippen LogP contribution in [0.3, 0.4) is 0 Å². The smallest absolute Gasteiger partial charge is 0.0946 e. The van der Waals surface area contributed by atoms with Gasteiger partial charge < -0.3 is 9.88 Å². The summed E-state index contributed by atoms with van der Waals surface area (Å²) in [7, 11) is 2.00. The minimum Gasteiger partial charge on any atom is -0.379 e. The predicted octanol–water partition coefficient (Wildman–Crippen LogP) is 2.95. The first-order chi connectivity index (χ1) is 7.66. The molecule has 0 amide bonds. The van der Waals surface area contributed by atoms with Crippen LogP contribution in [0.5, 0.6) is 0 Å². The molecule has 0 radical (unpaired) electrons. The molecule has 0 aliphatic carbocycles. The molecule has 2 rings (SSSR count). The number of aromatic nitrogens is 2. The normalized spacial score (nSPS) is 10.4. The molecule has 0 atom stereocenters. The number of imidazole rings is 1. The number of nitrogens with one attached hydrogen (secondary N) is 1. The van der Waals surface area contributed by atoms with Gasteiger partial charge in [-0.05, 0) is 53.3 Å². The minimum atomic E-state index is 0.804. The lowest BCUT2D eigenvalue weighted by Gasteiger charge is -2.10. The molecule has 1 heterocycles. The predicted molar refractivity (Wildman–Crippen MR) is 74.4 cm³/mol. The Hall–Kier alpha value is -1.04. The van der Waals surface area contributed by atoms with E-state index in [4.69, 9.17) is 0 Å². The van der Waals surface area contributed by atoms with Gasteiger partial charge in [-0.3, -0.25) is 0 Å². The first-order valence-electron chi connectivity index (χ1n) is 5.12. The Labute approximate surface area is 109 Å². The Kier molecular flexibility index (Phi) is 3.48. The van der Waals surface area contributed by atoms with E-state index in [1.807, 2.05) is 24.1 Å². The molecule has 1 N–H and O–H groups in total. The average molecular weight is 327 g/mol. The van der Waals surface area contributed by atoms with Crippen molar-refractivity contribution in [2.45, 2.75) is 13.5 Å². The number of nitrogens with zero attached hydrogens (tertiary/aromatic N) is 2. The van der Waals surface area contributed by atoms with Crippen molar-refractivity contribution >= 4 is 28.3 Å². The number of anilines is 1. The number of hydrogen-bond acceptors (Lipinski definition) is 2. The van der Waals surface area contributed by atoms with Gasteiger partial charge in [0.2, 0.25) is 0 Å². The van der Waals surface area contributed by atoms with E-state index in [1.165, 1.54) is 20.5 Å². The molecule has 0 unspecified atom stereocenters. The number of aryl methyl sites for hydroxylation is 2. The summed E-state index contributed by atoms with van der Waals surface area (Å²) in [6.45, 7) is 2.92. The van der Waals surface area contributed by atoms with E-state index in [0.717, 1.165) is 6.54 Å². The van der Waals surface area contributed by atoms with Crippen LogP contribution < -0.4 is 5.32 Å². The van der Waals surface area contributed by atoms with E-state index in [9.17, 15) is 0 Å². The van der Waals surface area contributed by atoms with Crippen molar-refractivity contribution in [3.8, 4) is 0 Å². The van der Waals surface area contributed by atoms with Crippen molar-refractivity contribution in [2.24, 2.45) is 7.05 Å². The fourth-order valence-corrected chi connectivity index (χ4v) is 2.21. The Morgan fingerprint density at radius 3 is 2.88 bits per heavy atom. The molecule has 0 spiro atoms. The number of benzene rings is 1. The molecule has 3 nitrogen and oxygen atoms in total. The summed E-state index contributed by atoms with van der Waals surface area (Å²) in [5.74, 6) is 0. The zero-order valence-corrected chi connectivity index (χ0v) is 11.5. The quantitative estimate of drug-likeness (QED) is 0.879. The molecule has 2 aromatic rings. The lowest BCUT2D eigenvalue weighted by molar-refractivity contribution is 0.837. The molecule has 16 heavy (non-hydrogen) atoms.